The molecule has 112 valence electrons. The van der Waals surface area contributed by atoms with E-state index in [0.717, 1.165) is 19.3 Å². The van der Waals surface area contributed by atoms with E-state index in [1.54, 1.807) is 0 Å². The number of carbonyl (C=O) groups excluding carboxylic acids is 1. The van der Waals surface area contributed by atoms with Crippen molar-refractivity contribution in [1.29, 1.82) is 0 Å². The van der Waals surface area contributed by atoms with Crippen molar-refractivity contribution in [3.05, 3.63) is 0 Å². The van der Waals surface area contributed by atoms with Gasteiger partial charge in [-0.2, -0.15) is 0 Å². The molecule has 19 heavy (non-hydrogen) atoms. The van der Waals surface area contributed by atoms with E-state index in [2.05, 4.69) is 20.8 Å². The van der Waals surface area contributed by atoms with Gasteiger partial charge in [0.25, 0.3) is 0 Å². The maximum Gasteiger partial charge on any atom is 0.227 e. The number of hydrogen-bond donors (Lipinski definition) is 2. The molecule has 1 amide bonds. The van der Waals surface area contributed by atoms with Gasteiger partial charge in [0, 0.05) is 25.7 Å². The van der Waals surface area contributed by atoms with Gasteiger partial charge in [0.05, 0.1) is 5.92 Å². The largest absolute Gasteiger partial charge is 0.396 e. The van der Waals surface area contributed by atoms with Crippen LogP contribution < -0.4 is 5.73 Å². The third kappa shape index (κ3) is 5.11. The van der Waals surface area contributed by atoms with Crippen LogP contribution >= 0.6 is 0 Å². The number of nitrogens with two attached hydrogens (primary N) is 1. The van der Waals surface area contributed by atoms with E-state index in [4.69, 9.17) is 10.8 Å². The van der Waals surface area contributed by atoms with Crippen molar-refractivity contribution in [2.75, 3.05) is 19.7 Å². The lowest BCUT2D eigenvalue weighted by Crippen LogP contribution is -2.49. The topological polar surface area (TPSA) is 66.6 Å². The highest BCUT2D eigenvalue weighted by atomic mass is 16.3. The fraction of sp³-hybridized carbons (Fsp3) is 0.933. The smallest absolute Gasteiger partial charge is 0.227 e. The van der Waals surface area contributed by atoms with Gasteiger partial charge in [0.1, 0.15) is 0 Å². The van der Waals surface area contributed by atoms with Crippen LogP contribution in [-0.4, -0.2) is 41.7 Å². The molecule has 1 aliphatic rings. The average molecular weight is 270 g/mol. The molecule has 1 saturated carbocycles. The third-order valence-corrected chi connectivity index (χ3v) is 3.85. The molecule has 0 aliphatic heterocycles. The average Bonchev–Trinajstić information content (AvgIpc) is 2.26. The molecule has 0 spiro atoms. The fourth-order valence-electron chi connectivity index (χ4n) is 2.66. The molecule has 4 nitrogen and oxygen atoms in total. The first-order chi connectivity index (χ1) is 8.89. The molecule has 4 heteroatoms. The van der Waals surface area contributed by atoms with Crippen molar-refractivity contribution in [3.63, 3.8) is 0 Å². The minimum atomic E-state index is -0.0840. The molecule has 3 N–H and O–H groups in total. The van der Waals surface area contributed by atoms with Crippen LogP contribution in [0.3, 0.4) is 0 Å². The Balaban J connectivity index is 2.66. The zero-order chi connectivity index (χ0) is 14.5. The molecule has 0 aromatic carbocycles. The Bertz CT molecular complexity index is 282. The lowest BCUT2D eigenvalue weighted by atomic mass is 9.83. The molecule has 1 unspecified atom stereocenters. The van der Waals surface area contributed by atoms with Gasteiger partial charge in [0.15, 0.2) is 0 Å². The first-order valence-electron chi connectivity index (χ1n) is 7.50. The second-order valence-electron chi connectivity index (χ2n) is 6.89. The standard InChI is InChI=1S/C15H30N2O2/c1-15(2,3)10-12(11-16)14(19)17(8-5-9-18)13-6-4-7-13/h12-13,18H,4-11,16H2,1-3H3. The summed E-state index contributed by atoms with van der Waals surface area (Å²) in [7, 11) is 0. The summed E-state index contributed by atoms with van der Waals surface area (Å²) in [6.45, 7) is 7.65. The molecule has 1 rings (SSSR count). The highest BCUT2D eigenvalue weighted by Gasteiger charge is 2.33. The van der Waals surface area contributed by atoms with Crippen LogP contribution in [0.1, 0.15) is 52.9 Å². The van der Waals surface area contributed by atoms with Gasteiger partial charge in [-0.25, -0.2) is 0 Å². The van der Waals surface area contributed by atoms with Crippen molar-refractivity contribution >= 4 is 5.91 Å². The Morgan fingerprint density at radius 1 is 1.42 bits per heavy atom. The Kier molecular flexibility index (Phi) is 6.27. The first-order valence-corrected chi connectivity index (χ1v) is 7.50. The van der Waals surface area contributed by atoms with E-state index in [1.807, 2.05) is 4.90 Å². The third-order valence-electron chi connectivity index (χ3n) is 3.85. The van der Waals surface area contributed by atoms with Crippen molar-refractivity contribution in [2.24, 2.45) is 17.1 Å². The second-order valence-corrected chi connectivity index (χ2v) is 6.89. The summed E-state index contributed by atoms with van der Waals surface area (Å²) < 4.78 is 0. The van der Waals surface area contributed by atoms with Crippen LogP contribution in [-0.2, 0) is 4.79 Å². The molecule has 0 aromatic heterocycles. The quantitative estimate of drug-likeness (QED) is 0.741. The van der Waals surface area contributed by atoms with Gasteiger partial charge in [-0.05, 0) is 37.5 Å². The van der Waals surface area contributed by atoms with E-state index in [9.17, 15) is 4.79 Å². The number of rotatable bonds is 7. The number of aliphatic hydroxyl groups is 1. The number of carbonyl (C=O) groups is 1. The van der Waals surface area contributed by atoms with Crippen molar-refractivity contribution in [3.8, 4) is 0 Å². The van der Waals surface area contributed by atoms with E-state index < -0.39 is 0 Å². The lowest BCUT2D eigenvalue weighted by molar-refractivity contribution is -0.140. The second kappa shape index (κ2) is 7.25. The number of aliphatic hydroxyl groups excluding tert-OH is 1. The van der Waals surface area contributed by atoms with Crippen molar-refractivity contribution in [1.82, 2.24) is 4.90 Å². The minimum Gasteiger partial charge on any atom is -0.396 e. The van der Waals surface area contributed by atoms with E-state index in [1.165, 1.54) is 6.42 Å². The van der Waals surface area contributed by atoms with Gasteiger partial charge in [-0.1, -0.05) is 20.8 Å². The molecular formula is C15H30N2O2. The summed E-state index contributed by atoms with van der Waals surface area (Å²) in [5.41, 5.74) is 5.92. The minimum absolute atomic E-state index is 0.0840. The van der Waals surface area contributed by atoms with Crippen molar-refractivity contribution in [2.45, 2.75) is 58.9 Å². The normalized spacial score (nSPS) is 17.9. The number of nitrogens with zero attached hydrogens (tertiary/aromatic N) is 1. The van der Waals surface area contributed by atoms with Crippen LogP contribution in [0.2, 0.25) is 0 Å². The monoisotopic (exact) mass is 270 g/mol. The molecule has 1 aliphatic carbocycles. The Hall–Kier alpha value is -0.610. The van der Waals surface area contributed by atoms with Crippen LogP contribution in [0.5, 0.6) is 0 Å². The highest BCUT2D eigenvalue weighted by molar-refractivity contribution is 5.79. The summed E-state index contributed by atoms with van der Waals surface area (Å²) in [5.74, 6) is 0.106. The molecule has 0 heterocycles. The van der Waals surface area contributed by atoms with Gasteiger partial charge in [0.2, 0.25) is 5.91 Å². The van der Waals surface area contributed by atoms with Crippen LogP contribution in [0, 0.1) is 11.3 Å². The molecule has 1 atom stereocenters. The molecule has 0 bridgehead atoms. The predicted octanol–water partition coefficient (Wildman–Crippen LogP) is 1.76. The summed E-state index contributed by atoms with van der Waals surface area (Å²) in [6.07, 6.45) is 4.90. The number of hydrogen-bond acceptors (Lipinski definition) is 3. The first kappa shape index (κ1) is 16.4. The number of amides is 1. The zero-order valence-corrected chi connectivity index (χ0v) is 12.7. The fourth-order valence-corrected chi connectivity index (χ4v) is 2.66. The highest BCUT2D eigenvalue weighted by Crippen LogP contribution is 2.30. The Labute approximate surface area is 117 Å². The lowest BCUT2D eigenvalue weighted by Gasteiger charge is -2.40. The van der Waals surface area contributed by atoms with E-state index in [-0.39, 0.29) is 23.8 Å². The molecular weight excluding hydrogens is 240 g/mol. The molecule has 0 aromatic rings. The van der Waals surface area contributed by atoms with E-state index in [0.29, 0.717) is 25.6 Å². The van der Waals surface area contributed by atoms with Crippen molar-refractivity contribution < 1.29 is 9.90 Å². The van der Waals surface area contributed by atoms with Gasteiger partial charge < -0.3 is 15.7 Å². The molecule has 1 fully saturated rings. The SMILES string of the molecule is CC(C)(C)CC(CN)C(=O)N(CCCO)C1CCC1. The van der Waals surface area contributed by atoms with Gasteiger partial charge in [-0.15, -0.1) is 0 Å². The molecule has 0 saturated heterocycles. The summed E-state index contributed by atoms with van der Waals surface area (Å²) in [4.78, 5) is 14.6. The Morgan fingerprint density at radius 3 is 2.42 bits per heavy atom. The van der Waals surface area contributed by atoms with Crippen LogP contribution in [0.25, 0.3) is 0 Å². The Morgan fingerprint density at radius 2 is 2.05 bits per heavy atom. The maximum atomic E-state index is 12.7. The van der Waals surface area contributed by atoms with Gasteiger partial charge in [-0.3, -0.25) is 4.79 Å². The molecule has 0 radical (unpaired) electrons. The van der Waals surface area contributed by atoms with Crippen LogP contribution in [0.15, 0.2) is 0 Å². The summed E-state index contributed by atoms with van der Waals surface area (Å²) in [6, 6.07) is 0.382. The zero-order valence-electron chi connectivity index (χ0n) is 12.7. The predicted molar refractivity (Wildman–Crippen MR) is 77.7 cm³/mol. The van der Waals surface area contributed by atoms with Gasteiger partial charge >= 0.3 is 0 Å². The van der Waals surface area contributed by atoms with E-state index >= 15 is 0 Å². The summed E-state index contributed by atoms with van der Waals surface area (Å²) in [5, 5.41) is 8.99. The maximum absolute atomic E-state index is 12.7. The van der Waals surface area contributed by atoms with Crippen LogP contribution in [0.4, 0.5) is 0 Å². The summed E-state index contributed by atoms with van der Waals surface area (Å²) >= 11 is 0.